The Morgan fingerprint density at radius 3 is 2.70 bits per heavy atom. The van der Waals surface area contributed by atoms with Crippen molar-refractivity contribution >= 4 is 50.8 Å². The number of aryl methyl sites for hydroxylation is 1. The van der Waals surface area contributed by atoms with E-state index in [9.17, 15) is 9.59 Å². The molecule has 4 rings (SSSR count). The molecule has 3 aromatic rings. The molecule has 0 atom stereocenters. The molecule has 5 nitrogen and oxygen atoms in total. The Morgan fingerprint density at radius 2 is 1.97 bits per heavy atom. The normalized spacial score (nSPS) is 15.1. The third-order valence-electron chi connectivity index (χ3n) is 5.53. The minimum atomic E-state index is -0.0364. The van der Waals surface area contributed by atoms with Gasteiger partial charge in [-0.05, 0) is 54.3 Å². The van der Waals surface area contributed by atoms with Crippen LogP contribution >= 0.6 is 34.7 Å². The SMILES string of the molecule is CC1CCN(C(=O)CSc2nc3ccsc3c(=O)n2CCc2ccc(Cl)cc2)CC1. The van der Waals surface area contributed by atoms with E-state index in [4.69, 9.17) is 16.6 Å². The van der Waals surface area contributed by atoms with Crippen LogP contribution in [0, 0.1) is 5.92 Å². The molecule has 1 aliphatic rings. The highest BCUT2D eigenvalue weighted by atomic mass is 35.5. The van der Waals surface area contributed by atoms with Crippen molar-refractivity contribution in [1.82, 2.24) is 14.5 Å². The predicted molar refractivity (Wildman–Crippen MR) is 125 cm³/mol. The molecule has 0 spiro atoms. The molecular formula is C22H24ClN3O2S2. The molecule has 1 saturated heterocycles. The summed E-state index contributed by atoms with van der Waals surface area (Å²) in [5.74, 6) is 1.11. The number of aromatic nitrogens is 2. The number of piperidine rings is 1. The molecule has 8 heteroatoms. The zero-order chi connectivity index (χ0) is 21.1. The lowest BCUT2D eigenvalue weighted by Gasteiger charge is -2.30. The van der Waals surface area contributed by atoms with Gasteiger partial charge in [-0.2, -0.15) is 0 Å². The molecule has 0 N–H and O–H groups in total. The van der Waals surface area contributed by atoms with Crippen LogP contribution in [0.4, 0.5) is 0 Å². The number of rotatable bonds is 6. The molecule has 1 amide bonds. The number of hydrogen-bond acceptors (Lipinski definition) is 5. The molecule has 0 aliphatic carbocycles. The first kappa shape index (κ1) is 21.4. The summed E-state index contributed by atoms with van der Waals surface area (Å²) in [5.41, 5.74) is 1.77. The minimum Gasteiger partial charge on any atom is -0.342 e. The first-order valence-corrected chi connectivity index (χ1v) is 12.4. The Hall–Kier alpha value is -1.83. The van der Waals surface area contributed by atoms with Crippen LogP contribution in [-0.4, -0.2) is 39.2 Å². The number of hydrogen-bond donors (Lipinski definition) is 0. The highest BCUT2D eigenvalue weighted by Gasteiger charge is 2.21. The lowest BCUT2D eigenvalue weighted by molar-refractivity contribution is -0.129. The Balaban J connectivity index is 1.52. The zero-order valence-corrected chi connectivity index (χ0v) is 19.2. The molecule has 158 valence electrons. The number of amides is 1. The van der Waals surface area contributed by atoms with E-state index >= 15 is 0 Å². The average molecular weight is 462 g/mol. The van der Waals surface area contributed by atoms with E-state index < -0.39 is 0 Å². The average Bonchev–Trinajstić information content (AvgIpc) is 3.22. The molecule has 30 heavy (non-hydrogen) atoms. The second-order valence-electron chi connectivity index (χ2n) is 7.71. The minimum absolute atomic E-state index is 0.0364. The van der Waals surface area contributed by atoms with Crippen molar-refractivity contribution < 1.29 is 4.79 Å². The maximum absolute atomic E-state index is 13.1. The molecule has 3 heterocycles. The van der Waals surface area contributed by atoms with E-state index in [2.05, 4.69) is 6.92 Å². The van der Waals surface area contributed by atoms with E-state index in [-0.39, 0.29) is 11.5 Å². The van der Waals surface area contributed by atoms with E-state index in [1.807, 2.05) is 40.6 Å². The molecule has 2 aromatic heterocycles. The van der Waals surface area contributed by atoms with Crippen LogP contribution in [0.3, 0.4) is 0 Å². The summed E-state index contributed by atoms with van der Waals surface area (Å²) in [7, 11) is 0. The van der Waals surface area contributed by atoms with Gasteiger partial charge < -0.3 is 4.90 Å². The summed E-state index contributed by atoms with van der Waals surface area (Å²) < 4.78 is 2.37. The fourth-order valence-electron chi connectivity index (χ4n) is 3.60. The highest BCUT2D eigenvalue weighted by Crippen LogP contribution is 2.23. The monoisotopic (exact) mass is 461 g/mol. The number of carbonyl (C=O) groups excluding carboxylic acids is 1. The Kier molecular flexibility index (Phi) is 6.80. The zero-order valence-electron chi connectivity index (χ0n) is 16.8. The molecule has 1 aliphatic heterocycles. The van der Waals surface area contributed by atoms with Crippen LogP contribution in [0.25, 0.3) is 10.2 Å². The predicted octanol–water partition coefficient (Wildman–Crippen LogP) is 4.70. The Labute approximate surface area is 189 Å². The fourth-order valence-corrected chi connectivity index (χ4v) is 5.43. The fraction of sp³-hybridized carbons (Fsp3) is 0.409. The van der Waals surface area contributed by atoms with Crippen LogP contribution < -0.4 is 5.56 Å². The third-order valence-corrected chi connectivity index (χ3v) is 7.63. The van der Waals surface area contributed by atoms with Crippen molar-refractivity contribution in [3.05, 3.63) is 56.7 Å². The van der Waals surface area contributed by atoms with Crippen LogP contribution in [0.5, 0.6) is 0 Å². The first-order chi connectivity index (χ1) is 14.5. The lowest BCUT2D eigenvalue weighted by atomic mass is 9.99. The van der Waals surface area contributed by atoms with Crippen molar-refractivity contribution in [2.24, 2.45) is 5.92 Å². The van der Waals surface area contributed by atoms with E-state index in [0.717, 1.165) is 31.5 Å². The molecule has 0 unspecified atom stereocenters. The van der Waals surface area contributed by atoms with Crippen LogP contribution in [0.15, 0.2) is 45.7 Å². The maximum atomic E-state index is 13.1. The van der Waals surface area contributed by atoms with Crippen molar-refractivity contribution in [3.8, 4) is 0 Å². The summed E-state index contributed by atoms with van der Waals surface area (Å²) in [5, 5.41) is 3.19. The molecule has 1 fully saturated rings. The number of likely N-dealkylation sites (tertiary alicyclic amines) is 1. The van der Waals surface area contributed by atoms with Crippen LogP contribution in [-0.2, 0) is 17.8 Å². The quantitative estimate of drug-likeness (QED) is 0.394. The van der Waals surface area contributed by atoms with Crippen molar-refractivity contribution in [2.75, 3.05) is 18.8 Å². The van der Waals surface area contributed by atoms with Gasteiger partial charge in [-0.25, -0.2) is 4.98 Å². The number of thioether (sulfide) groups is 1. The number of thiophene rings is 1. The van der Waals surface area contributed by atoms with Crippen molar-refractivity contribution in [2.45, 2.75) is 37.9 Å². The highest BCUT2D eigenvalue weighted by molar-refractivity contribution is 7.99. The van der Waals surface area contributed by atoms with Crippen LogP contribution in [0.1, 0.15) is 25.3 Å². The number of carbonyl (C=O) groups is 1. The van der Waals surface area contributed by atoms with Crippen LogP contribution in [0.2, 0.25) is 5.02 Å². The summed E-state index contributed by atoms with van der Waals surface area (Å²) in [6, 6.07) is 9.52. The third kappa shape index (κ3) is 4.90. The summed E-state index contributed by atoms with van der Waals surface area (Å²) in [4.78, 5) is 32.4. The van der Waals surface area contributed by atoms with Gasteiger partial charge in [0.2, 0.25) is 5.91 Å². The molecule has 0 saturated carbocycles. The smallest absolute Gasteiger partial charge is 0.272 e. The summed E-state index contributed by atoms with van der Waals surface area (Å²) >= 11 is 8.75. The standard InChI is InChI=1S/C22H24ClN3O2S2/c1-15-6-10-25(11-7-15)19(27)14-30-22-24-18-9-13-29-20(18)21(28)26(22)12-8-16-2-4-17(23)5-3-16/h2-5,9,13,15H,6-8,10-12,14H2,1H3. The molecule has 1 aromatic carbocycles. The van der Waals surface area contributed by atoms with Gasteiger partial charge in [-0.3, -0.25) is 14.2 Å². The topological polar surface area (TPSA) is 55.2 Å². The number of fused-ring (bicyclic) bond motifs is 1. The first-order valence-electron chi connectivity index (χ1n) is 10.1. The largest absolute Gasteiger partial charge is 0.342 e. The van der Waals surface area contributed by atoms with Gasteiger partial charge in [-0.1, -0.05) is 42.4 Å². The van der Waals surface area contributed by atoms with Gasteiger partial charge in [0, 0.05) is 24.7 Å². The maximum Gasteiger partial charge on any atom is 0.272 e. The van der Waals surface area contributed by atoms with Gasteiger partial charge >= 0.3 is 0 Å². The number of nitrogens with zero attached hydrogens (tertiary/aromatic N) is 3. The van der Waals surface area contributed by atoms with Crippen molar-refractivity contribution in [1.29, 1.82) is 0 Å². The van der Waals surface area contributed by atoms with Gasteiger partial charge in [-0.15, -0.1) is 11.3 Å². The van der Waals surface area contributed by atoms with Gasteiger partial charge in [0.25, 0.3) is 5.56 Å². The Morgan fingerprint density at radius 1 is 1.23 bits per heavy atom. The number of benzene rings is 1. The van der Waals surface area contributed by atoms with Gasteiger partial charge in [0.05, 0.1) is 11.3 Å². The number of halogens is 1. The Bertz CT molecular complexity index is 1090. The second kappa shape index (κ2) is 9.54. The molecule has 0 bridgehead atoms. The lowest BCUT2D eigenvalue weighted by Crippen LogP contribution is -2.39. The van der Waals surface area contributed by atoms with E-state index in [0.29, 0.717) is 45.0 Å². The second-order valence-corrected chi connectivity index (χ2v) is 10.0. The molecular weight excluding hydrogens is 438 g/mol. The summed E-state index contributed by atoms with van der Waals surface area (Å²) in [6.45, 7) is 4.39. The van der Waals surface area contributed by atoms with Crippen molar-refractivity contribution in [3.63, 3.8) is 0 Å². The van der Waals surface area contributed by atoms with Gasteiger partial charge in [0.1, 0.15) is 4.70 Å². The van der Waals surface area contributed by atoms with E-state index in [1.54, 1.807) is 4.57 Å². The molecule has 0 radical (unpaired) electrons. The van der Waals surface area contributed by atoms with Gasteiger partial charge in [0.15, 0.2) is 5.16 Å². The van der Waals surface area contributed by atoms with E-state index in [1.165, 1.54) is 23.1 Å². The summed E-state index contributed by atoms with van der Waals surface area (Å²) in [6.07, 6.45) is 2.81.